The zero-order valence-corrected chi connectivity index (χ0v) is 11.4. The molecule has 1 aromatic carbocycles. The van der Waals surface area contributed by atoms with E-state index in [-0.39, 0.29) is 0 Å². The Morgan fingerprint density at radius 3 is 2.81 bits per heavy atom. The molecular formula is C11H13IN4. The predicted octanol–water partition coefficient (Wildman–Crippen LogP) is 2.46. The molecule has 2 rings (SSSR count). The minimum Gasteiger partial charge on any atom is -0.398 e. The van der Waals surface area contributed by atoms with Crippen molar-refractivity contribution in [2.24, 2.45) is 0 Å². The molecule has 2 N–H and O–H groups in total. The second-order valence-electron chi connectivity index (χ2n) is 3.55. The van der Waals surface area contributed by atoms with Crippen LogP contribution in [0.4, 0.5) is 5.69 Å². The van der Waals surface area contributed by atoms with Crippen LogP contribution in [0.1, 0.15) is 12.7 Å². The van der Waals surface area contributed by atoms with Gasteiger partial charge in [-0.05, 0) is 54.6 Å². The van der Waals surface area contributed by atoms with E-state index < -0.39 is 0 Å². The third kappa shape index (κ3) is 1.91. The molecule has 0 aliphatic heterocycles. The van der Waals surface area contributed by atoms with Crippen LogP contribution in [-0.4, -0.2) is 14.8 Å². The Labute approximate surface area is 108 Å². The zero-order chi connectivity index (χ0) is 11.7. The van der Waals surface area contributed by atoms with Crippen LogP contribution in [0.3, 0.4) is 0 Å². The number of nitrogens with zero attached hydrogens (tertiary/aromatic N) is 3. The van der Waals surface area contributed by atoms with Crippen LogP contribution in [0, 0.1) is 10.5 Å². The van der Waals surface area contributed by atoms with Crippen molar-refractivity contribution < 1.29 is 0 Å². The standard InChI is InChI=1S/C11H13IN4/c1-3-16-7(2)14-15-11(16)9-6-8(12)4-5-10(9)13/h4-6H,3,13H2,1-2H3. The Hall–Kier alpha value is -1.11. The fourth-order valence-electron chi connectivity index (χ4n) is 1.68. The van der Waals surface area contributed by atoms with Gasteiger partial charge in [0.1, 0.15) is 5.82 Å². The van der Waals surface area contributed by atoms with Gasteiger partial charge in [0, 0.05) is 21.4 Å². The van der Waals surface area contributed by atoms with Crippen LogP contribution in [0.5, 0.6) is 0 Å². The Kier molecular flexibility index (Phi) is 3.13. The molecule has 0 unspecified atom stereocenters. The molecule has 5 heteroatoms. The molecule has 1 aromatic heterocycles. The van der Waals surface area contributed by atoms with Gasteiger partial charge in [0.2, 0.25) is 0 Å². The summed E-state index contributed by atoms with van der Waals surface area (Å²) in [7, 11) is 0. The van der Waals surface area contributed by atoms with Gasteiger partial charge < -0.3 is 10.3 Å². The number of benzene rings is 1. The number of aryl methyl sites for hydroxylation is 1. The molecule has 0 fully saturated rings. The summed E-state index contributed by atoms with van der Waals surface area (Å²) in [5, 5.41) is 8.28. The summed E-state index contributed by atoms with van der Waals surface area (Å²) in [5.74, 6) is 1.76. The van der Waals surface area contributed by atoms with Gasteiger partial charge in [0.05, 0.1) is 0 Å². The van der Waals surface area contributed by atoms with Crippen LogP contribution in [0.25, 0.3) is 11.4 Å². The van der Waals surface area contributed by atoms with Crippen LogP contribution in [0.15, 0.2) is 18.2 Å². The maximum atomic E-state index is 5.97. The molecule has 0 saturated heterocycles. The molecule has 1 heterocycles. The van der Waals surface area contributed by atoms with E-state index in [2.05, 4.69) is 44.3 Å². The lowest BCUT2D eigenvalue weighted by Gasteiger charge is -2.08. The van der Waals surface area contributed by atoms with Crippen molar-refractivity contribution in [2.45, 2.75) is 20.4 Å². The normalized spacial score (nSPS) is 10.7. The fraction of sp³-hybridized carbons (Fsp3) is 0.273. The number of nitrogens with two attached hydrogens (primary N) is 1. The topological polar surface area (TPSA) is 56.7 Å². The second kappa shape index (κ2) is 4.40. The lowest BCUT2D eigenvalue weighted by Crippen LogP contribution is -2.02. The minimum atomic E-state index is 0.738. The molecule has 4 nitrogen and oxygen atoms in total. The van der Waals surface area contributed by atoms with Crippen molar-refractivity contribution in [3.63, 3.8) is 0 Å². The van der Waals surface area contributed by atoms with Crippen molar-refractivity contribution in [1.29, 1.82) is 0 Å². The fourth-order valence-corrected chi connectivity index (χ4v) is 2.17. The van der Waals surface area contributed by atoms with Gasteiger partial charge in [-0.1, -0.05) is 0 Å². The number of hydrogen-bond acceptors (Lipinski definition) is 3. The van der Waals surface area contributed by atoms with Crippen molar-refractivity contribution in [1.82, 2.24) is 14.8 Å². The number of anilines is 1. The highest BCUT2D eigenvalue weighted by atomic mass is 127. The molecule has 0 atom stereocenters. The van der Waals surface area contributed by atoms with Gasteiger partial charge in [-0.15, -0.1) is 10.2 Å². The first-order valence-electron chi connectivity index (χ1n) is 5.08. The summed E-state index contributed by atoms with van der Waals surface area (Å²) >= 11 is 2.27. The van der Waals surface area contributed by atoms with Crippen molar-refractivity contribution >= 4 is 28.3 Å². The Bertz CT molecular complexity index is 519. The third-order valence-electron chi connectivity index (χ3n) is 2.51. The van der Waals surface area contributed by atoms with E-state index in [1.54, 1.807) is 0 Å². The van der Waals surface area contributed by atoms with E-state index in [1.165, 1.54) is 0 Å². The van der Waals surface area contributed by atoms with E-state index in [9.17, 15) is 0 Å². The molecule has 2 aromatic rings. The van der Waals surface area contributed by atoms with Crippen LogP contribution in [0.2, 0.25) is 0 Å². The summed E-state index contributed by atoms with van der Waals surface area (Å²) in [4.78, 5) is 0. The SMILES string of the molecule is CCn1c(C)nnc1-c1cc(I)ccc1N. The largest absolute Gasteiger partial charge is 0.398 e. The van der Waals surface area contributed by atoms with E-state index in [4.69, 9.17) is 5.73 Å². The second-order valence-corrected chi connectivity index (χ2v) is 4.79. The van der Waals surface area contributed by atoms with Crippen molar-refractivity contribution in [2.75, 3.05) is 5.73 Å². The summed E-state index contributed by atoms with van der Waals surface area (Å²) in [6, 6.07) is 5.92. The molecule has 84 valence electrons. The molecule has 16 heavy (non-hydrogen) atoms. The van der Waals surface area contributed by atoms with E-state index >= 15 is 0 Å². The van der Waals surface area contributed by atoms with Crippen LogP contribution in [-0.2, 0) is 6.54 Å². The van der Waals surface area contributed by atoms with Gasteiger partial charge in [0.25, 0.3) is 0 Å². The maximum absolute atomic E-state index is 5.97. The average molecular weight is 328 g/mol. The highest BCUT2D eigenvalue weighted by molar-refractivity contribution is 14.1. The lowest BCUT2D eigenvalue weighted by molar-refractivity contribution is 0.737. The van der Waals surface area contributed by atoms with Crippen molar-refractivity contribution in [3.8, 4) is 11.4 Å². The quantitative estimate of drug-likeness (QED) is 0.681. The van der Waals surface area contributed by atoms with E-state index in [0.29, 0.717) is 0 Å². The number of nitrogen functional groups attached to an aromatic ring is 1. The minimum absolute atomic E-state index is 0.738. The molecule has 0 aliphatic carbocycles. The molecule has 0 bridgehead atoms. The predicted molar refractivity (Wildman–Crippen MR) is 73.0 cm³/mol. The Morgan fingerprint density at radius 1 is 1.38 bits per heavy atom. The van der Waals surface area contributed by atoms with E-state index in [1.807, 2.05) is 25.1 Å². The van der Waals surface area contributed by atoms with Crippen LogP contribution < -0.4 is 5.73 Å². The molecule has 0 amide bonds. The first kappa shape index (κ1) is 11.4. The molecular weight excluding hydrogens is 315 g/mol. The van der Waals surface area contributed by atoms with Gasteiger partial charge in [0.15, 0.2) is 5.82 Å². The number of aromatic nitrogens is 3. The first-order valence-corrected chi connectivity index (χ1v) is 6.16. The van der Waals surface area contributed by atoms with Gasteiger partial charge in [-0.2, -0.15) is 0 Å². The maximum Gasteiger partial charge on any atom is 0.166 e. The van der Waals surface area contributed by atoms with E-state index in [0.717, 1.165) is 33.0 Å². The summed E-state index contributed by atoms with van der Waals surface area (Å²) < 4.78 is 3.20. The molecule has 0 saturated carbocycles. The molecule has 0 radical (unpaired) electrons. The summed E-state index contributed by atoms with van der Waals surface area (Å²) in [5.41, 5.74) is 7.66. The summed E-state index contributed by atoms with van der Waals surface area (Å²) in [6.45, 7) is 4.87. The monoisotopic (exact) mass is 328 g/mol. The van der Waals surface area contributed by atoms with Crippen molar-refractivity contribution in [3.05, 3.63) is 27.6 Å². The lowest BCUT2D eigenvalue weighted by atomic mass is 10.1. The van der Waals surface area contributed by atoms with Gasteiger partial charge >= 0.3 is 0 Å². The molecule has 0 aliphatic rings. The molecule has 0 spiro atoms. The Balaban J connectivity index is 2.62. The van der Waals surface area contributed by atoms with Gasteiger partial charge in [-0.3, -0.25) is 0 Å². The number of halogens is 1. The first-order chi connectivity index (χ1) is 7.63. The Morgan fingerprint density at radius 2 is 2.12 bits per heavy atom. The number of hydrogen-bond donors (Lipinski definition) is 1. The average Bonchev–Trinajstić information content (AvgIpc) is 2.63. The highest BCUT2D eigenvalue weighted by Crippen LogP contribution is 2.26. The zero-order valence-electron chi connectivity index (χ0n) is 9.24. The smallest absolute Gasteiger partial charge is 0.166 e. The van der Waals surface area contributed by atoms with Gasteiger partial charge in [-0.25, -0.2) is 0 Å². The highest BCUT2D eigenvalue weighted by Gasteiger charge is 2.12. The summed E-state index contributed by atoms with van der Waals surface area (Å²) in [6.07, 6.45) is 0. The number of rotatable bonds is 2. The van der Waals surface area contributed by atoms with Crippen LogP contribution >= 0.6 is 22.6 Å². The third-order valence-corrected chi connectivity index (χ3v) is 3.18.